The van der Waals surface area contributed by atoms with Crippen molar-refractivity contribution in [2.24, 2.45) is 0 Å². The fourth-order valence-corrected chi connectivity index (χ4v) is 1.32. The van der Waals surface area contributed by atoms with Crippen molar-refractivity contribution in [3.05, 3.63) is 48.0 Å². The minimum absolute atomic E-state index is 0.328. The van der Waals surface area contributed by atoms with Gasteiger partial charge in [0.15, 0.2) is 5.60 Å². The Morgan fingerprint density at radius 3 is 2.57 bits per heavy atom. The second-order valence-corrected chi connectivity index (χ2v) is 3.20. The Kier molecular flexibility index (Phi) is 3.44. The van der Waals surface area contributed by atoms with Crippen molar-refractivity contribution in [1.29, 1.82) is 5.26 Å². The maximum Gasteiger partial charge on any atom is 0.173 e. The second kappa shape index (κ2) is 4.59. The van der Waals surface area contributed by atoms with Gasteiger partial charge in [0.25, 0.3) is 0 Å². The Labute approximate surface area is 84.1 Å². The minimum atomic E-state index is -1.38. The zero-order valence-electron chi connectivity index (χ0n) is 8.14. The average molecular weight is 187 g/mol. The highest BCUT2D eigenvalue weighted by molar-refractivity contribution is 5.24. The van der Waals surface area contributed by atoms with Crippen LogP contribution in [0, 0.1) is 11.3 Å². The van der Waals surface area contributed by atoms with Gasteiger partial charge in [-0.25, -0.2) is 0 Å². The largest absolute Gasteiger partial charge is 0.372 e. The standard InChI is InChI=1S/C12H13NO/c1-2-8-12(14,10-13)9-11-6-4-3-5-7-11/h2-8,14H,9H2,1H3/b8-2+/t12-/m0/s1. The van der Waals surface area contributed by atoms with Gasteiger partial charge in [-0.2, -0.15) is 5.26 Å². The summed E-state index contributed by atoms with van der Waals surface area (Å²) < 4.78 is 0. The monoisotopic (exact) mass is 187 g/mol. The van der Waals surface area contributed by atoms with Gasteiger partial charge in [-0.1, -0.05) is 36.4 Å². The van der Waals surface area contributed by atoms with Crippen molar-refractivity contribution in [1.82, 2.24) is 0 Å². The molecule has 0 aliphatic rings. The summed E-state index contributed by atoms with van der Waals surface area (Å²) in [4.78, 5) is 0. The molecule has 0 aromatic heterocycles. The first-order valence-corrected chi connectivity index (χ1v) is 4.51. The van der Waals surface area contributed by atoms with Crippen molar-refractivity contribution >= 4 is 0 Å². The third-order valence-corrected chi connectivity index (χ3v) is 1.95. The van der Waals surface area contributed by atoms with Crippen molar-refractivity contribution in [2.75, 3.05) is 0 Å². The zero-order valence-corrected chi connectivity index (χ0v) is 8.14. The fourth-order valence-electron chi connectivity index (χ4n) is 1.32. The maximum absolute atomic E-state index is 9.83. The quantitative estimate of drug-likeness (QED) is 0.581. The number of nitriles is 1. The first-order chi connectivity index (χ1) is 6.70. The molecule has 0 radical (unpaired) electrons. The van der Waals surface area contributed by atoms with Crippen LogP contribution >= 0.6 is 0 Å². The van der Waals surface area contributed by atoms with Crippen LogP contribution in [-0.4, -0.2) is 10.7 Å². The summed E-state index contributed by atoms with van der Waals surface area (Å²) in [6, 6.07) is 11.4. The summed E-state index contributed by atoms with van der Waals surface area (Å²) >= 11 is 0. The van der Waals surface area contributed by atoms with Gasteiger partial charge in [0.1, 0.15) is 6.07 Å². The van der Waals surface area contributed by atoms with Crippen LogP contribution in [0.5, 0.6) is 0 Å². The molecule has 0 unspecified atom stereocenters. The normalized spacial score (nSPS) is 14.9. The van der Waals surface area contributed by atoms with Gasteiger partial charge < -0.3 is 5.11 Å². The third kappa shape index (κ3) is 2.72. The van der Waals surface area contributed by atoms with Gasteiger partial charge in [-0.15, -0.1) is 0 Å². The van der Waals surface area contributed by atoms with E-state index in [9.17, 15) is 5.11 Å². The van der Waals surface area contributed by atoms with Gasteiger partial charge in [0, 0.05) is 6.42 Å². The van der Waals surface area contributed by atoms with Crippen molar-refractivity contribution in [3.63, 3.8) is 0 Å². The minimum Gasteiger partial charge on any atom is -0.372 e. The smallest absolute Gasteiger partial charge is 0.173 e. The van der Waals surface area contributed by atoms with E-state index in [1.165, 1.54) is 6.08 Å². The first-order valence-electron chi connectivity index (χ1n) is 4.51. The SMILES string of the molecule is C/C=C/[C@@](O)(C#N)Cc1ccccc1. The lowest BCUT2D eigenvalue weighted by atomic mass is 9.96. The highest BCUT2D eigenvalue weighted by atomic mass is 16.3. The lowest BCUT2D eigenvalue weighted by Gasteiger charge is -2.15. The first kappa shape index (κ1) is 10.5. The highest BCUT2D eigenvalue weighted by Crippen LogP contribution is 2.14. The molecule has 0 aliphatic carbocycles. The number of aliphatic hydroxyl groups is 1. The molecule has 1 atom stereocenters. The molecule has 72 valence electrons. The van der Waals surface area contributed by atoms with Crippen LogP contribution in [0.15, 0.2) is 42.5 Å². The summed E-state index contributed by atoms with van der Waals surface area (Å²) in [5.74, 6) is 0. The molecule has 0 bridgehead atoms. The molecule has 0 saturated carbocycles. The van der Waals surface area contributed by atoms with E-state index in [0.717, 1.165) is 5.56 Å². The molecule has 1 N–H and O–H groups in total. The van der Waals surface area contributed by atoms with Gasteiger partial charge >= 0.3 is 0 Å². The Bertz CT molecular complexity index is 350. The third-order valence-electron chi connectivity index (χ3n) is 1.95. The Morgan fingerprint density at radius 1 is 1.43 bits per heavy atom. The topological polar surface area (TPSA) is 44.0 Å². The molecule has 0 amide bonds. The van der Waals surface area contributed by atoms with E-state index >= 15 is 0 Å². The summed E-state index contributed by atoms with van der Waals surface area (Å²) in [7, 11) is 0. The molecule has 1 aromatic carbocycles. The van der Waals surface area contributed by atoms with Gasteiger partial charge in [-0.05, 0) is 18.6 Å². The molecule has 0 saturated heterocycles. The van der Waals surface area contributed by atoms with E-state index in [-0.39, 0.29) is 0 Å². The number of rotatable bonds is 3. The Balaban J connectivity index is 2.82. The van der Waals surface area contributed by atoms with Crippen LogP contribution in [0.4, 0.5) is 0 Å². The van der Waals surface area contributed by atoms with Crippen molar-refractivity contribution in [2.45, 2.75) is 18.9 Å². The number of hydrogen-bond donors (Lipinski definition) is 1. The highest BCUT2D eigenvalue weighted by Gasteiger charge is 2.22. The van der Waals surface area contributed by atoms with Gasteiger partial charge in [0.2, 0.25) is 0 Å². The number of benzene rings is 1. The average Bonchev–Trinajstić information content (AvgIpc) is 2.20. The molecular formula is C12H13NO. The lowest BCUT2D eigenvalue weighted by Crippen LogP contribution is -2.26. The molecule has 1 aromatic rings. The van der Waals surface area contributed by atoms with Crippen LogP contribution in [0.3, 0.4) is 0 Å². The molecular weight excluding hydrogens is 174 g/mol. The fraction of sp³-hybridized carbons (Fsp3) is 0.250. The molecule has 1 rings (SSSR count). The zero-order chi connectivity index (χ0) is 10.4. The predicted molar refractivity (Wildman–Crippen MR) is 55.5 cm³/mol. The van der Waals surface area contributed by atoms with Gasteiger partial charge in [0.05, 0.1) is 0 Å². The number of nitrogens with zero attached hydrogens (tertiary/aromatic N) is 1. The van der Waals surface area contributed by atoms with E-state index in [2.05, 4.69) is 0 Å². The van der Waals surface area contributed by atoms with Crippen LogP contribution in [-0.2, 0) is 6.42 Å². The van der Waals surface area contributed by atoms with Crippen LogP contribution in [0.1, 0.15) is 12.5 Å². The predicted octanol–water partition coefficient (Wildman–Crippen LogP) is 2.06. The lowest BCUT2D eigenvalue weighted by molar-refractivity contribution is 0.151. The van der Waals surface area contributed by atoms with E-state index in [4.69, 9.17) is 5.26 Å². The summed E-state index contributed by atoms with van der Waals surface area (Å²) in [5.41, 5.74) is -0.425. The van der Waals surface area contributed by atoms with E-state index in [1.807, 2.05) is 36.4 Å². The van der Waals surface area contributed by atoms with E-state index in [0.29, 0.717) is 6.42 Å². The Morgan fingerprint density at radius 2 is 2.07 bits per heavy atom. The number of allylic oxidation sites excluding steroid dienone is 1. The molecule has 0 fully saturated rings. The molecule has 0 aliphatic heterocycles. The molecule has 0 heterocycles. The molecule has 0 spiro atoms. The van der Waals surface area contributed by atoms with Crippen LogP contribution < -0.4 is 0 Å². The molecule has 2 heteroatoms. The van der Waals surface area contributed by atoms with E-state index < -0.39 is 5.60 Å². The Hall–Kier alpha value is -1.59. The van der Waals surface area contributed by atoms with Gasteiger partial charge in [-0.3, -0.25) is 0 Å². The van der Waals surface area contributed by atoms with Crippen LogP contribution in [0.2, 0.25) is 0 Å². The van der Waals surface area contributed by atoms with Crippen LogP contribution in [0.25, 0.3) is 0 Å². The van der Waals surface area contributed by atoms with Crippen molar-refractivity contribution in [3.8, 4) is 6.07 Å². The summed E-state index contributed by atoms with van der Waals surface area (Å²) in [5, 5.41) is 18.7. The summed E-state index contributed by atoms with van der Waals surface area (Å²) in [6.45, 7) is 1.79. The summed E-state index contributed by atoms with van der Waals surface area (Å²) in [6.07, 6.45) is 3.53. The molecule has 2 nitrogen and oxygen atoms in total. The molecule has 14 heavy (non-hydrogen) atoms. The van der Waals surface area contributed by atoms with Crippen molar-refractivity contribution < 1.29 is 5.11 Å². The second-order valence-electron chi connectivity index (χ2n) is 3.20. The number of hydrogen-bond acceptors (Lipinski definition) is 2. The van der Waals surface area contributed by atoms with E-state index in [1.54, 1.807) is 13.0 Å². The maximum atomic E-state index is 9.83.